The molecule has 0 aliphatic heterocycles. The number of anilines is 1. The lowest BCUT2D eigenvalue weighted by Crippen LogP contribution is -2.25. The van der Waals surface area contributed by atoms with Gasteiger partial charge in [0.2, 0.25) is 0 Å². The Hall–Kier alpha value is -2.21. The highest BCUT2D eigenvalue weighted by molar-refractivity contribution is 5.87. The van der Waals surface area contributed by atoms with Crippen molar-refractivity contribution in [2.24, 2.45) is 0 Å². The minimum atomic E-state index is -0.952. The fourth-order valence-corrected chi connectivity index (χ4v) is 1.92. The molecule has 100 valence electrons. The van der Waals surface area contributed by atoms with Crippen molar-refractivity contribution in [3.05, 3.63) is 35.4 Å². The van der Waals surface area contributed by atoms with E-state index in [0.717, 1.165) is 35.9 Å². The van der Waals surface area contributed by atoms with E-state index in [0.29, 0.717) is 6.54 Å². The lowest BCUT2D eigenvalue weighted by Gasteiger charge is -2.24. The molecule has 19 heavy (non-hydrogen) atoms. The molecular formula is C16H19NO2. The fourth-order valence-electron chi connectivity index (χ4n) is 1.92. The van der Waals surface area contributed by atoms with Crippen LogP contribution in [0.3, 0.4) is 0 Å². The number of hydrogen-bond acceptors (Lipinski definition) is 2. The number of carboxylic acids is 1. The molecule has 3 nitrogen and oxygen atoms in total. The third-order valence-electron chi connectivity index (χ3n) is 2.70. The van der Waals surface area contributed by atoms with Crippen LogP contribution in [0.4, 0.5) is 5.69 Å². The summed E-state index contributed by atoms with van der Waals surface area (Å²) in [5.74, 6) is 1.69. The molecule has 0 aliphatic rings. The van der Waals surface area contributed by atoms with E-state index < -0.39 is 5.97 Å². The van der Waals surface area contributed by atoms with Crippen molar-refractivity contribution in [1.29, 1.82) is 0 Å². The summed E-state index contributed by atoms with van der Waals surface area (Å²) < 4.78 is 0. The first-order valence-electron chi connectivity index (χ1n) is 6.28. The van der Waals surface area contributed by atoms with Gasteiger partial charge >= 0.3 is 5.97 Å². The van der Waals surface area contributed by atoms with E-state index in [1.807, 2.05) is 25.1 Å². The van der Waals surface area contributed by atoms with Crippen molar-refractivity contribution in [1.82, 2.24) is 0 Å². The van der Waals surface area contributed by atoms with E-state index in [9.17, 15) is 4.79 Å². The molecule has 0 saturated carbocycles. The van der Waals surface area contributed by atoms with E-state index in [1.54, 1.807) is 6.08 Å². The maximum Gasteiger partial charge on any atom is 0.328 e. The van der Waals surface area contributed by atoms with Crippen LogP contribution in [-0.2, 0) is 4.79 Å². The van der Waals surface area contributed by atoms with Crippen molar-refractivity contribution in [3.63, 3.8) is 0 Å². The average Bonchev–Trinajstić information content (AvgIpc) is 2.36. The predicted octanol–water partition coefficient (Wildman–Crippen LogP) is 2.94. The molecule has 0 aliphatic carbocycles. The van der Waals surface area contributed by atoms with E-state index in [2.05, 4.69) is 17.7 Å². The lowest BCUT2D eigenvalue weighted by atomic mass is 10.1. The van der Waals surface area contributed by atoms with Crippen LogP contribution < -0.4 is 4.90 Å². The molecule has 0 amide bonds. The molecule has 3 heteroatoms. The van der Waals surface area contributed by atoms with Crippen molar-refractivity contribution in [2.45, 2.75) is 20.3 Å². The number of carbonyl (C=O) groups is 1. The fraction of sp³-hybridized carbons (Fsp3) is 0.312. The molecular weight excluding hydrogens is 238 g/mol. The molecule has 0 heterocycles. The first-order valence-corrected chi connectivity index (χ1v) is 6.28. The average molecular weight is 257 g/mol. The highest BCUT2D eigenvalue weighted by atomic mass is 16.4. The Balaban J connectivity index is 3.17. The van der Waals surface area contributed by atoms with Gasteiger partial charge in [0.25, 0.3) is 0 Å². The quantitative estimate of drug-likeness (QED) is 0.629. The molecule has 1 aromatic carbocycles. The highest BCUT2D eigenvalue weighted by Gasteiger charge is 2.08. The van der Waals surface area contributed by atoms with Gasteiger partial charge in [0.05, 0.1) is 6.54 Å². The molecule has 1 rings (SSSR count). The normalized spacial score (nSPS) is 10.4. The molecule has 0 fully saturated rings. The second-order valence-corrected chi connectivity index (χ2v) is 4.36. The lowest BCUT2D eigenvalue weighted by molar-refractivity contribution is -0.131. The van der Waals surface area contributed by atoms with Gasteiger partial charge in [-0.05, 0) is 37.1 Å². The van der Waals surface area contributed by atoms with Gasteiger partial charge in [-0.3, -0.25) is 0 Å². The van der Waals surface area contributed by atoms with Crippen LogP contribution >= 0.6 is 0 Å². The van der Waals surface area contributed by atoms with Gasteiger partial charge in [-0.2, -0.15) is 0 Å². The van der Waals surface area contributed by atoms with E-state index >= 15 is 0 Å². The van der Waals surface area contributed by atoms with Gasteiger partial charge < -0.3 is 10.0 Å². The van der Waals surface area contributed by atoms with Crippen LogP contribution in [0.15, 0.2) is 24.3 Å². The Labute approximate surface area is 114 Å². The zero-order valence-electron chi connectivity index (χ0n) is 11.4. The summed E-state index contributed by atoms with van der Waals surface area (Å²) in [6, 6.07) is 5.96. The second-order valence-electron chi connectivity index (χ2n) is 4.36. The molecule has 1 aromatic rings. The van der Waals surface area contributed by atoms with E-state index in [4.69, 9.17) is 11.5 Å². The Morgan fingerprint density at radius 1 is 1.53 bits per heavy atom. The van der Waals surface area contributed by atoms with Crippen molar-refractivity contribution >= 4 is 17.7 Å². The molecule has 0 saturated heterocycles. The third kappa shape index (κ3) is 4.51. The second kappa shape index (κ2) is 7.27. The van der Waals surface area contributed by atoms with Gasteiger partial charge in [-0.15, -0.1) is 6.42 Å². The van der Waals surface area contributed by atoms with Crippen LogP contribution in [0.1, 0.15) is 24.5 Å². The first-order chi connectivity index (χ1) is 9.08. The third-order valence-corrected chi connectivity index (χ3v) is 2.70. The predicted molar refractivity (Wildman–Crippen MR) is 79.2 cm³/mol. The molecule has 0 atom stereocenters. The zero-order valence-corrected chi connectivity index (χ0v) is 11.4. The number of rotatable bonds is 6. The summed E-state index contributed by atoms with van der Waals surface area (Å²) in [6.07, 6.45) is 9.15. The number of aliphatic carboxylic acids is 1. The number of nitrogens with zero attached hydrogens (tertiary/aromatic N) is 1. The van der Waals surface area contributed by atoms with Gasteiger partial charge in [-0.1, -0.05) is 24.5 Å². The molecule has 0 radical (unpaired) electrons. The summed E-state index contributed by atoms with van der Waals surface area (Å²) in [5, 5.41) is 8.75. The molecule has 0 aromatic heterocycles. The minimum absolute atomic E-state index is 0.519. The number of terminal acetylenes is 1. The smallest absolute Gasteiger partial charge is 0.328 e. The SMILES string of the molecule is C#CCN(CCC)c1ccc(C)cc1/C=C/C(=O)O. The summed E-state index contributed by atoms with van der Waals surface area (Å²) in [5.41, 5.74) is 2.94. The van der Waals surface area contributed by atoms with Gasteiger partial charge in [0, 0.05) is 18.3 Å². The van der Waals surface area contributed by atoms with Crippen molar-refractivity contribution in [3.8, 4) is 12.3 Å². The maximum absolute atomic E-state index is 10.7. The number of carboxylic acid groups (broad SMARTS) is 1. The summed E-state index contributed by atoms with van der Waals surface area (Å²) in [4.78, 5) is 12.7. The number of aryl methyl sites for hydroxylation is 1. The summed E-state index contributed by atoms with van der Waals surface area (Å²) in [7, 11) is 0. The molecule has 0 spiro atoms. The van der Waals surface area contributed by atoms with E-state index in [-0.39, 0.29) is 0 Å². The Kier molecular flexibility index (Phi) is 5.69. The Morgan fingerprint density at radius 2 is 2.26 bits per heavy atom. The number of hydrogen-bond donors (Lipinski definition) is 1. The van der Waals surface area contributed by atoms with Gasteiger partial charge in [-0.25, -0.2) is 4.79 Å². The van der Waals surface area contributed by atoms with Crippen LogP contribution in [0.5, 0.6) is 0 Å². The van der Waals surface area contributed by atoms with Crippen LogP contribution in [0.2, 0.25) is 0 Å². The first kappa shape index (κ1) is 14.8. The van der Waals surface area contributed by atoms with E-state index in [1.165, 1.54) is 0 Å². The van der Waals surface area contributed by atoms with Crippen LogP contribution in [0, 0.1) is 19.3 Å². The molecule has 1 N–H and O–H groups in total. The minimum Gasteiger partial charge on any atom is -0.478 e. The van der Waals surface area contributed by atoms with Crippen molar-refractivity contribution < 1.29 is 9.90 Å². The number of benzene rings is 1. The monoisotopic (exact) mass is 257 g/mol. The maximum atomic E-state index is 10.7. The van der Waals surface area contributed by atoms with Crippen molar-refractivity contribution in [2.75, 3.05) is 18.0 Å². The van der Waals surface area contributed by atoms with Gasteiger partial charge in [0.1, 0.15) is 0 Å². The van der Waals surface area contributed by atoms with Crippen LogP contribution in [-0.4, -0.2) is 24.2 Å². The van der Waals surface area contributed by atoms with Gasteiger partial charge in [0.15, 0.2) is 0 Å². The molecule has 0 unspecified atom stereocenters. The Morgan fingerprint density at radius 3 is 2.84 bits per heavy atom. The van der Waals surface area contributed by atoms with Crippen LogP contribution in [0.25, 0.3) is 6.08 Å². The highest BCUT2D eigenvalue weighted by Crippen LogP contribution is 2.23. The standard InChI is InChI=1S/C16H19NO2/c1-4-10-17(11-5-2)15-8-6-13(3)12-14(15)7-9-16(18)19/h1,6-9,12H,5,10-11H2,2-3H3,(H,18,19)/b9-7+. The molecule has 0 bridgehead atoms. The Bertz CT molecular complexity index is 512. The summed E-state index contributed by atoms with van der Waals surface area (Å²) in [6.45, 7) is 5.43. The topological polar surface area (TPSA) is 40.5 Å². The largest absolute Gasteiger partial charge is 0.478 e. The summed E-state index contributed by atoms with van der Waals surface area (Å²) >= 11 is 0. The zero-order chi connectivity index (χ0) is 14.3.